The molecule has 0 bridgehead atoms. The average molecular weight is 260 g/mol. The first-order chi connectivity index (χ1) is 9.40. The number of carbonyl (C=O) groups is 1. The maximum absolute atomic E-state index is 11.3. The molecule has 102 valence electrons. The Labute approximate surface area is 113 Å². The van der Waals surface area contributed by atoms with E-state index in [1.165, 1.54) is 5.56 Å². The van der Waals surface area contributed by atoms with Crippen LogP contribution >= 0.6 is 0 Å². The van der Waals surface area contributed by atoms with Crippen molar-refractivity contribution < 1.29 is 9.53 Å². The quantitative estimate of drug-likeness (QED) is 0.833. The molecule has 0 amide bonds. The number of benzene rings is 1. The highest BCUT2D eigenvalue weighted by Crippen LogP contribution is 2.33. The van der Waals surface area contributed by atoms with Crippen LogP contribution in [0.25, 0.3) is 0 Å². The van der Waals surface area contributed by atoms with Crippen molar-refractivity contribution in [2.24, 2.45) is 0 Å². The van der Waals surface area contributed by atoms with Crippen LogP contribution in [-0.4, -0.2) is 43.2 Å². The number of nitrogens with one attached hydrogen (secondary N) is 1. The molecule has 1 aromatic rings. The zero-order chi connectivity index (χ0) is 13.1. The number of rotatable bonds is 3. The van der Waals surface area contributed by atoms with E-state index < -0.39 is 0 Å². The Kier molecular flexibility index (Phi) is 3.92. The van der Waals surface area contributed by atoms with E-state index in [1.807, 2.05) is 18.2 Å². The number of carbonyl (C=O) groups excluding carboxylic acids is 1. The van der Waals surface area contributed by atoms with Gasteiger partial charge in [0.25, 0.3) is 0 Å². The standard InChI is InChI=1S/C15H20N2O2/c18-10-15-17(13-6-8-16-9-7-13)14(11-19-15)12-4-2-1-3-5-12/h1-5,10,13-16H,6-9,11H2. The van der Waals surface area contributed by atoms with Gasteiger partial charge in [0.05, 0.1) is 12.6 Å². The van der Waals surface area contributed by atoms with Gasteiger partial charge in [0.1, 0.15) is 0 Å². The minimum absolute atomic E-state index is 0.208. The summed E-state index contributed by atoms with van der Waals surface area (Å²) in [5, 5.41) is 3.37. The number of piperidine rings is 1. The lowest BCUT2D eigenvalue weighted by molar-refractivity contribution is -0.123. The third-order valence-electron chi connectivity index (χ3n) is 4.11. The van der Waals surface area contributed by atoms with E-state index in [9.17, 15) is 4.79 Å². The van der Waals surface area contributed by atoms with Crippen LogP contribution in [0.15, 0.2) is 30.3 Å². The fraction of sp³-hybridized carbons (Fsp3) is 0.533. The van der Waals surface area contributed by atoms with Gasteiger partial charge in [-0.25, -0.2) is 0 Å². The van der Waals surface area contributed by atoms with E-state index >= 15 is 0 Å². The Hall–Kier alpha value is -1.23. The molecule has 19 heavy (non-hydrogen) atoms. The van der Waals surface area contributed by atoms with Gasteiger partial charge in [-0.05, 0) is 31.5 Å². The molecule has 3 rings (SSSR count). The first-order valence-corrected chi connectivity index (χ1v) is 7.00. The van der Waals surface area contributed by atoms with Gasteiger partial charge < -0.3 is 10.1 Å². The molecule has 2 atom stereocenters. The fourth-order valence-electron chi connectivity index (χ4n) is 3.16. The molecule has 0 radical (unpaired) electrons. The zero-order valence-corrected chi connectivity index (χ0v) is 11.0. The summed E-state index contributed by atoms with van der Waals surface area (Å²) in [5.74, 6) is 0. The normalized spacial score (nSPS) is 29.5. The lowest BCUT2D eigenvalue weighted by Gasteiger charge is -2.36. The Morgan fingerprint density at radius 2 is 1.95 bits per heavy atom. The van der Waals surface area contributed by atoms with E-state index in [0.717, 1.165) is 32.2 Å². The second kappa shape index (κ2) is 5.82. The van der Waals surface area contributed by atoms with Gasteiger partial charge in [-0.3, -0.25) is 9.69 Å². The Morgan fingerprint density at radius 3 is 2.63 bits per heavy atom. The molecule has 0 aromatic heterocycles. The summed E-state index contributed by atoms with van der Waals surface area (Å²) in [6.45, 7) is 2.65. The Morgan fingerprint density at radius 1 is 1.21 bits per heavy atom. The van der Waals surface area contributed by atoms with Gasteiger partial charge >= 0.3 is 0 Å². The van der Waals surface area contributed by atoms with Crippen LogP contribution in [0.1, 0.15) is 24.4 Å². The highest BCUT2D eigenvalue weighted by Gasteiger charge is 2.39. The van der Waals surface area contributed by atoms with Gasteiger partial charge in [0, 0.05) is 6.04 Å². The first-order valence-electron chi connectivity index (χ1n) is 7.00. The minimum Gasteiger partial charge on any atom is -0.354 e. The Balaban J connectivity index is 1.84. The van der Waals surface area contributed by atoms with Crippen molar-refractivity contribution in [3.8, 4) is 0 Å². The van der Waals surface area contributed by atoms with Gasteiger partial charge in [-0.2, -0.15) is 0 Å². The number of hydrogen-bond acceptors (Lipinski definition) is 4. The fourth-order valence-corrected chi connectivity index (χ4v) is 3.16. The number of nitrogens with zero attached hydrogens (tertiary/aromatic N) is 1. The van der Waals surface area contributed by atoms with Crippen LogP contribution in [0.4, 0.5) is 0 Å². The summed E-state index contributed by atoms with van der Waals surface area (Å²) in [6, 6.07) is 11.0. The predicted molar refractivity (Wildman–Crippen MR) is 72.7 cm³/mol. The Bertz CT molecular complexity index is 417. The second-order valence-corrected chi connectivity index (χ2v) is 5.21. The molecule has 1 aromatic carbocycles. The van der Waals surface area contributed by atoms with Crippen molar-refractivity contribution >= 4 is 6.29 Å². The maximum atomic E-state index is 11.3. The summed E-state index contributed by atoms with van der Waals surface area (Å²) in [5.41, 5.74) is 1.24. The van der Waals surface area contributed by atoms with Crippen molar-refractivity contribution in [3.05, 3.63) is 35.9 Å². The smallest absolute Gasteiger partial charge is 0.167 e. The highest BCUT2D eigenvalue weighted by molar-refractivity contribution is 5.56. The SMILES string of the molecule is O=CC1OCC(c2ccccc2)N1C1CCNCC1. The topological polar surface area (TPSA) is 41.6 Å². The van der Waals surface area contributed by atoms with E-state index in [2.05, 4.69) is 22.3 Å². The van der Waals surface area contributed by atoms with Crippen molar-refractivity contribution in [2.75, 3.05) is 19.7 Å². The third-order valence-corrected chi connectivity index (χ3v) is 4.11. The van der Waals surface area contributed by atoms with Gasteiger partial charge in [0.2, 0.25) is 0 Å². The lowest BCUT2D eigenvalue weighted by atomic mass is 9.99. The van der Waals surface area contributed by atoms with E-state index in [0.29, 0.717) is 12.6 Å². The summed E-state index contributed by atoms with van der Waals surface area (Å²) < 4.78 is 5.67. The predicted octanol–water partition coefficient (Wildman–Crippen LogP) is 1.34. The zero-order valence-electron chi connectivity index (χ0n) is 11.0. The molecule has 2 unspecified atom stereocenters. The second-order valence-electron chi connectivity index (χ2n) is 5.21. The van der Waals surface area contributed by atoms with Crippen LogP contribution in [0, 0.1) is 0 Å². The van der Waals surface area contributed by atoms with Crippen molar-refractivity contribution in [3.63, 3.8) is 0 Å². The third kappa shape index (κ3) is 2.56. The average Bonchev–Trinajstić information content (AvgIpc) is 2.93. The lowest BCUT2D eigenvalue weighted by Crippen LogP contribution is -2.47. The highest BCUT2D eigenvalue weighted by atomic mass is 16.5. The van der Waals surface area contributed by atoms with Crippen molar-refractivity contribution in [1.82, 2.24) is 10.2 Å². The maximum Gasteiger partial charge on any atom is 0.167 e. The van der Waals surface area contributed by atoms with Crippen molar-refractivity contribution in [2.45, 2.75) is 31.2 Å². The molecular formula is C15H20N2O2. The van der Waals surface area contributed by atoms with Crippen LogP contribution in [0.5, 0.6) is 0 Å². The summed E-state index contributed by atoms with van der Waals surface area (Å²) >= 11 is 0. The molecular weight excluding hydrogens is 240 g/mol. The molecule has 0 saturated carbocycles. The molecule has 1 N–H and O–H groups in total. The molecule has 2 fully saturated rings. The summed E-state index contributed by atoms with van der Waals surface area (Å²) in [7, 11) is 0. The van der Waals surface area contributed by atoms with Crippen LogP contribution in [0.2, 0.25) is 0 Å². The first kappa shape index (κ1) is 12.8. The van der Waals surface area contributed by atoms with Gasteiger partial charge in [-0.15, -0.1) is 0 Å². The van der Waals surface area contributed by atoms with E-state index in [-0.39, 0.29) is 12.3 Å². The van der Waals surface area contributed by atoms with Crippen LogP contribution in [-0.2, 0) is 9.53 Å². The monoisotopic (exact) mass is 260 g/mol. The van der Waals surface area contributed by atoms with Crippen LogP contribution in [0.3, 0.4) is 0 Å². The molecule has 2 aliphatic heterocycles. The number of ether oxygens (including phenoxy) is 1. The van der Waals surface area contributed by atoms with Crippen LogP contribution < -0.4 is 5.32 Å². The molecule has 4 nitrogen and oxygen atoms in total. The summed E-state index contributed by atoms with van der Waals surface area (Å²) in [4.78, 5) is 13.5. The molecule has 2 aliphatic rings. The molecule has 0 spiro atoms. The van der Waals surface area contributed by atoms with E-state index in [4.69, 9.17) is 4.74 Å². The summed E-state index contributed by atoms with van der Waals surface area (Å²) in [6.07, 6.45) is 2.72. The minimum atomic E-state index is -0.381. The van der Waals surface area contributed by atoms with Gasteiger partial charge in [0.15, 0.2) is 12.5 Å². The van der Waals surface area contributed by atoms with Crippen molar-refractivity contribution in [1.29, 1.82) is 0 Å². The molecule has 4 heteroatoms. The molecule has 0 aliphatic carbocycles. The van der Waals surface area contributed by atoms with E-state index in [1.54, 1.807) is 0 Å². The molecule has 2 saturated heterocycles. The number of aldehydes is 1. The number of hydrogen-bond donors (Lipinski definition) is 1. The molecule has 2 heterocycles. The largest absolute Gasteiger partial charge is 0.354 e. The van der Waals surface area contributed by atoms with Gasteiger partial charge in [-0.1, -0.05) is 30.3 Å².